The van der Waals surface area contributed by atoms with Crippen LogP contribution in [0, 0.1) is 6.92 Å². The normalized spacial score (nSPS) is 16.9. The summed E-state index contributed by atoms with van der Waals surface area (Å²) in [6, 6.07) is 12.1. The van der Waals surface area contributed by atoms with Crippen LogP contribution in [0.5, 0.6) is 0 Å². The fraction of sp³-hybridized carbons (Fsp3) is 0.417. The Morgan fingerprint density at radius 3 is 2.74 bits per heavy atom. The highest BCUT2D eigenvalue weighted by molar-refractivity contribution is 5.79. The zero-order chi connectivity index (χ0) is 21.2. The SMILES string of the molecule is Cc1ccc(CC(=O)N2CCCN(c3ncccc3-c3nc(C4CC4)no3)CC2)cc1. The lowest BCUT2D eigenvalue weighted by molar-refractivity contribution is -0.130. The van der Waals surface area contributed by atoms with Gasteiger partial charge in [0.2, 0.25) is 5.91 Å². The van der Waals surface area contributed by atoms with Gasteiger partial charge in [0.15, 0.2) is 5.82 Å². The molecule has 0 unspecified atom stereocenters. The summed E-state index contributed by atoms with van der Waals surface area (Å²) < 4.78 is 5.56. The number of anilines is 1. The molecule has 1 saturated carbocycles. The Morgan fingerprint density at radius 2 is 1.94 bits per heavy atom. The molecular weight excluding hydrogens is 390 g/mol. The van der Waals surface area contributed by atoms with E-state index in [2.05, 4.69) is 39.1 Å². The van der Waals surface area contributed by atoms with Crippen LogP contribution in [0.15, 0.2) is 47.1 Å². The van der Waals surface area contributed by atoms with Crippen molar-refractivity contribution in [3.8, 4) is 11.5 Å². The predicted molar refractivity (Wildman–Crippen MR) is 118 cm³/mol. The van der Waals surface area contributed by atoms with Crippen molar-refractivity contribution in [2.75, 3.05) is 31.1 Å². The molecule has 31 heavy (non-hydrogen) atoms. The lowest BCUT2D eigenvalue weighted by Crippen LogP contribution is -2.36. The minimum Gasteiger partial charge on any atom is -0.354 e. The maximum absolute atomic E-state index is 12.9. The molecular formula is C24H27N5O2. The number of aromatic nitrogens is 3. The molecule has 1 saturated heterocycles. The first kappa shape index (κ1) is 19.7. The van der Waals surface area contributed by atoms with E-state index in [0.717, 1.165) is 61.7 Å². The van der Waals surface area contributed by atoms with E-state index in [1.807, 2.05) is 29.2 Å². The smallest absolute Gasteiger partial charge is 0.261 e. The fourth-order valence-corrected chi connectivity index (χ4v) is 4.04. The minimum absolute atomic E-state index is 0.179. The highest BCUT2D eigenvalue weighted by Gasteiger charge is 2.30. The van der Waals surface area contributed by atoms with E-state index in [0.29, 0.717) is 24.8 Å². The monoisotopic (exact) mass is 417 g/mol. The van der Waals surface area contributed by atoms with E-state index in [1.54, 1.807) is 6.20 Å². The Hall–Kier alpha value is -3.22. The Balaban J connectivity index is 1.28. The second-order valence-corrected chi connectivity index (χ2v) is 8.49. The van der Waals surface area contributed by atoms with Crippen LogP contribution in [0.3, 0.4) is 0 Å². The number of amides is 1. The van der Waals surface area contributed by atoms with Gasteiger partial charge in [-0.05, 0) is 43.9 Å². The highest BCUT2D eigenvalue weighted by atomic mass is 16.5. The van der Waals surface area contributed by atoms with Crippen LogP contribution in [0.25, 0.3) is 11.5 Å². The van der Waals surface area contributed by atoms with Crippen molar-refractivity contribution in [1.29, 1.82) is 0 Å². The van der Waals surface area contributed by atoms with Gasteiger partial charge in [0.1, 0.15) is 5.82 Å². The minimum atomic E-state index is 0.179. The first-order chi connectivity index (χ1) is 15.2. The van der Waals surface area contributed by atoms with Crippen molar-refractivity contribution in [1.82, 2.24) is 20.0 Å². The Morgan fingerprint density at radius 1 is 1.10 bits per heavy atom. The van der Waals surface area contributed by atoms with Crippen LogP contribution < -0.4 is 4.90 Å². The number of hydrogen-bond donors (Lipinski definition) is 0. The average molecular weight is 418 g/mol. The molecule has 1 aromatic carbocycles. The van der Waals surface area contributed by atoms with Crippen molar-refractivity contribution < 1.29 is 9.32 Å². The Bertz CT molecular complexity index is 1060. The largest absolute Gasteiger partial charge is 0.354 e. The third kappa shape index (κ3) is 4.45. The number of nitrogens with zero attached hydrogens (tertiary/aromatic N) is 5. The highest BCUT2D eigenvalue weighted by Crippen LogP contribution is 2.39. The summed E-state index contributed by atoms with van der Waals surface area (Å²) >= 11 is 0. The number of benzene rings is 1. The van der Waals surface area contributed by atoms with Crippen LogP contribution in [0.2, 0.25) is 0 Å². The van der Waals surface area contributed by atoms with E-state index in [4.69, 9.17) is 4.52 Å². The fourth-order valence-electron chi connectivity index (χ4n) is 4.04. The molecule has 7 nitrogen and oxygen atoms in total. The van der Waals surface area contributed by atoms with Gasteiger partial charge in [-0.1, -0.05) is 35.0 Å². The van der Waals surface area contributed by atoms with Gasteiger partial charge < -0.3 is 14.3 Å². The van der Waals surface area contributed by atoms with Crippen molar-refractivity contribution >= 4 is 11.7 Å². The number of aryl methyl sites for hydroxylation is 1. The summed E-state index contributed by atoms with van der Waals surface area (Å²) in [5.74, 6) is 2.80. The van der Waals surface area contributed by atoms with E-state index >= 15 is 0 Å². The van der Waals surface area contributed by atoms with Gasteiger partial charge in [-0.3, -0.25) is 4.79 Å². The van der Waals surface area contributed by atoms with E-state index in [1.165, 1.54) is 5.56 Å². The molecule has 1 aliphatic heterocycles. The predicted octanol–water partition coefficient (Wildman–Crippen LogP) is 3.60. The summed E-state index contributed by atoms with van der Waals surface area (Å²) in [7, 11) is 0. The van der Waals surface area contributed by atoms with Crippen LogP contribution in [-0.2, 0) is 11.2 Å². The van der Waals surface area contributed by atoms with Crippen molar-refractivity contribution in [2.24, 2.45) is 0 Å². The number of rotatable bonds is 5. The van der Waals surface area contributed by atoms with Gasteiger partial charge in [-0.15, -0.1) is 0 Å². The van der Waals surface area contributed by atoms with Crippen LogP contribution in [0.1, 0.15) is 42.1 Å². The summed E-state index contributed by atoms with van der Waals surface area (Å²) in [5.41, 5.74) is 3.13. The van der Waals surface area contributed by atoms with Gasteiger partial charge in [0.25, 0.3) is 5.89 Å². The maximum atomic E-state index is 12.9. The molecule has 3 aromatic rings. The molecule has 2 aromatic heterocycles. The van der Waals surface area contributed by atoms with Crippen molar-refractivity contribution in [3.63, 3.8) is 0 Å². The molecule has 0 bridgehead atoms. The molecule has 0 N–H and O–H groups in total. The maximum Gasteiger partial charge on any atom is 0.261 e. The lowest BCUT2D eigenvalue weighted by atomic mass is 10.1. The Labute approximate surface area is 182 Å². The molecule has 2 aliphatic rings. The quantitative estimate of drug-likeness (QED) is 0.631. The third-order valence-electron chi connectivity index (χ3n) is 6.03. The molecule has 0 spiro atoms. The van der Waals surface area contributed by atoms with Crippen LogP contribution in [-0.4, -0.2) is 52.1 Å². The zero-order valence-electron chi connectivity index (χ0n) is 17.8. The number of carbonyl (C=O) groups is 1. The van der Waals surface area contributed by atoms with Gasteiger partial charge in [0, 0.05) is 38.3 Å². The molecule has 0 atom stereocenters. The van der Waals surface area contributed by atoms with Crippen LogP contribution in [0.4, 0.5) is 5.82 Å². The van der Waals surface area contributed by atoms with Gasteiger partial charge in [0.05, 0.1) is 12.0 Å². The van der Waals surface area contributed by atoms with Gasteiger partial charge in [-0.25, -0.2) is 4.98 Å². The van der Waals surface area contributed by atoms with E-state index in [-0.39, 0.29) is 5.91 Å². The second-order valence-electron chi connectivity index (χ2n) is 8.49. The number of carbonyl (C=O) groups excluding carboxylic acids is 1. The first-order valence-corrected chi connectivity index (χ1v) is 11.0. The molecule has 2 fully saturated rings. The van der Waals surface area contributed by atoms with Crippen LogP contribution >= 0.6 is 0 Å². The molecule has 1 aliphatic carbocycles. The zero-order valence-corrected chi connectivity index (χ0v) is 17.8. The molecule has 3 heterocycles. The average Bonchev–Trinajstić information content (AvgIpc) is 3.57. The third-order valence-corrected chi connectivity index (χ3v) is 6.03. The molecule has 160 valence electrons. The van der Waals surface area contributed by atoms with E-state index in [9.17, 15) is 4.79 Å². The van der Waals surface area contributed by atoms with Gasteiger partial charge >= 0.3 is 0 Å². The number of hydrogen-bond acceptors (Lipinski definition) is 6. The van der Waals surface area contributed by atoms with E-state index < -0.39 is 0 Å². The number of pyridine rings is 1. The summed E-state index contributed by atoms with van der Waals surface area (Å²) in [6.45, 7) is 5.06. The lowest BCUT2D eigenvalue weighted by Gasteiger charge is -2.24. The first-order valence-electron chi connectivity index (χ1n) is 11.0. The van der Waals surface area contributed by atoms with Crippen molar-refractivity contribution in [3.05, 3.63) is 59.5 Å². The van der Waals surface area contributed by atoms with Crippen molar-refractivity contribution in [2.45, 2.75) is 38.5 Å². The summed E-state index contributed by atoms with van der Waals surface area (Å²) in [6.07, 6.45) is 5.41. The summed E-state index contributed by atoms with van der Waals surface area (Å²) in [5, 5.41) is 4.15. The topological polar surface area (TPSA) is 75.4 Å². The Kier molecular flexibility index (Phi) is 5.40. The molecule has 5 rings (SSSR count). The van der Waals surface area contributed by atoms with Gasteiger partial charge in [-0.2, -0.15) is 4.98 Å². The summed E-state index contributed by atoms with van der Waals surface area (Å²) in [4.78, 5) is 26.3. The molecule has 1 amide bonds. The molecule has 7 heteroatoms. The second kappa shape index (κ2) is 8.49. The standard InChI is InChI=1S/C24H27N5O2/c1-17-5-7-18(8-6-17)16-21(30)28-12-3-13-29(15-14-28)23-20(4-2-11-25-23)24-26-22(27-31-24)19-9-10-19/h2,4-8,11,19H,3,9-10,12-16H2,1H3. The molecule has 0 radical (unpaired) electrons.